The Morgan fingerprint density at radius 2 is 2.12 bits per heavy atom. The minimum absolute atomic E-state index is 0.0253. The average molecular weight is 439 g/mol. The van der Waals surface area contributed by atoms with Gasteiger partial charge in [-0.1, -0.05) is 24.3 Å². The Morgan fingerprint density at radius 1 is 1.31 bits per heavy atom. The lowest BCUT2D eigenvalue weighted by molar-refractivity contribution is -0.122. The van der Waals surface area contributed by atoms with E-state index in [2.05, 4.69) is 25.5 Å². The SMILES string of the molecule is CN=C(NCc1cccnc1N1CCCC(C(N)=O)C1)NCC(C)Oc1ccccc1C. The number of rotatable bonds is 8. The molecule has 8 nitrogen and oxygen atoms in total. The number of nitrogens with two attached hydrogens (primary N) is 1. The molecule has 0 bridgehead atoms. The van der Waals surface area contributed by atoms with Gasteiger partial charge in [0.1, 0.15) is 17.7 Å². The fourth-order valence-electron chi connectivity index (χ4n) is 3.84. The number of para-hydroxylation sites is 1. The van der Waals surface area contributed by atoms with Gasteiger partial charge in [-0.3, -0.25) is 9.79 Å². The van der Waals surface area contributed by atoms with Crippen molar-refractivity contribution in [2.24, 2.45) is 16.6 Å². The summed E-state index contributed by atoms with van der Waals surface area (Å²) in [6, 6.07) is 12.0. The molecular weight excluding hydrogens is 404 g/mol. The van der Waals surface area contributed by atoms with Gasteiger partial charge in [0.25, 0.3) is 0 Å². The van der Waals surface area contributed by atoms with Gasteiger partial charge >= 0.3 is 0 Å². The summed E-state index contributed by atoms with van der Waals surface area (Å²) in [5.74, 6) is 2.10. The van der Waals surface area contributed by atoms with E-state index >= 15 is 0 Å². The fraction of sp³-hybridized carbons (Fsp3) is 0.458. The molecule has 2 atom stereocenters. The minimum Gasteiger partial charge on any atom is -0.489 e. The maximum atomic E-state index is 11.7. The van der Waals surface area contributed by atoms with Crippen LogP contribution in [-0.4, -0.2) is 49.6 Å². The highest BCUT2D eigenvalue weighted by Gasteiger charge is 2.26. The Balaban J connectivity index is 1.55. The van der Waals surface area contributed by atoms with E-state index in [1.807, 2.05) is 50.2 Å². The molecule has 1 aliphatic heterocycles. The van der Waals surface area contributed by atoms with Gasteiger partial charge in [0.2, 0.25) is 5.91 Å². The number of ether oxygens (including phenoxy) is 1. The lowest BCUT2D eigenvalue weighted by atomic mass is 9.97. The number of nitrogens with zero attached hydrogens (tertiary/aromatic N) is 3. The number of amides is 1. The third-order valence-corrected chi connectivity index (χ3v) is 5.64. The van der Waals surface area contributed by atoms with Gasteiger partial charge in [0, 0.05) is 38.4 Å². The van der Waals surface area contributed by atoms with Gasteiger partial charge in [0.15, 0.2) is 5.96 Å². The Kier molecular flexibility index (Phi) is 8.30. The van der Waals surface area contributed by atoms with Gasteiger partial charge in [-0.15, -0.1) is 0 Å². The maximum Gasteiger partial charge on any atom is 0.222 e. The van der Waals surface area contributed by atoms with Crippen LogP contribution in [0.25, 0.3) is 0 Å². The predicted molar refractivity (Wildman–Crippen MR) is 128 cm³/mol. The molecule has 1 saturated heterocycles. The zero-order chi connectivity index (χ0) is 22.9. The highest BCUT2D eigenvalue weighted by Crippen LogP contribution is 2.24. The van der Waals surface area contributed by atoms with Gasteiger partial charge in [0.05, 0.1) is 12.5 Å². The number of hydrogen-bond acceptors (Lipinski definition) is 5. The van der Waals surface area contributed by atoms with Gasteiger partial charge < -0.3 is 26.0 Å². The van der Waals surface area contributed by atoms with Crippen molar-refractivity contribution in [3.63, 3.8) is 0 Å². The number of anilines is 1. The number of aromatic nitrogens is 1. The topological polar surface area (TPSA) is 105 Å². The number of carbonyl (C=O) groups is 1. The molecule has 1 fully saturated rings. The molecule has 32 heavy (non-hydrogen) atoms. The van der Waals surface area contributed by atoms with Crippen molar-refractivity contribution in [1.82, 2.24) is 15.6 Å². The maximum absolute atomic E-state index is 11.7. The van der Waals surface area contributed by atoms with Gasteiger partial charge in [-0.25, -0.2) is 4.98 Å². The normalized spacial score (nSPS) is 17.5. The van der Waals surface area contributed by atoms with Crippen molar-refractivity contribution >= 4 is 17.7 Å². The minimum atomic E-state index is -0.239. The first-order valence-electron chi connectivity index (χ1n) is 11.1. The fourth-order valence-corrected chi connectivity index (χ4v) is 3.84. The molecule has 0 aliphatic carbocycles. The Bertz CT molecular complexity index is 932. The molecule has 8 heteroatoms. The van der Waals surface area contributed by atoms with Crippen molar-refractivity contribution in [3.8, 4) is 5.75 Å². The number of primary amides is 1. The second-order valence-corrected chi connectivity index (χ2v) is 8.17. The van der Waals surface area contributed by atoms with Crippen LogP contribution in [0.5, 0.6) is 5.75 Å². The highest BCUT2D eigenvalue weighted by atomic mass is 16.5. The van der Waals surface area contributed by atoms with Crippen LogP contribution in [0.1, 0.15) is 30.9 Å². The van der Waals surface area contributed by atoms with Crippen molar-refractivity contribution < 1.29 is 9.53 Å². The molecule has 0 radical (unpaired) electrons. The quantitative estimate of drug-likeness (QED) is 0.431. The molecule has 172 valence electrons. The van der Waals surface area contributed by atoms with Crippen LogP contribution in [0.15, 0.2) is 47.6 Å². The number of guanidine groups is 1. The average Bonchev–Trinajstić information content (AvgIpc) is 2.81. The largest absolute Gasteiger partial charge is 0.489 e. The highest BCUT2D eigenvalue weighted by molar-refractivity contribution is 5.80. The molecule has 2 heterocycles. The summed E-state index contributed by atoms with van der Waals surface area (Å²) in [6.45, 7) is 6.72. The molecule has 1 aliphatic rings. The number of aryl methyl sites for hydroxylation is 1. The van der Waals surface area contributed by atoms with Crippen LogP contribution in [0.3, 0.4) is 0 Å². The summed E-state index contributed by atoms with van der Waals surface area (Å²) in [6.07, 6.45) is 3.53. The number of piperidine rings is 1. The monoisotopic (exact) mass is 438 g/mol. The van der Waals surface area contributed by atoms with E-state index in [0.29, 0.717) is 25.6 Å². The molecule has 1 amide bonds. The van der Waals surface area contributed by atoms with E-state index < -0.39 is 0 Å². The van der Waals surface area contributed by atoms with E-state index in [-0.39, 0.29) is 17.9 Å². The lowest BCUT2D eigenvalue weighted by Gasteiger charge is -2.33. The number of nitrogens with one attached hydrogen (secondary N) is 2. The van der Waals surface area contributed by atoms with E-state index in [4.69, 9.17) is 10.5 Å². The van der Waals surface area contributed by atoms with Crippen molar-refractivity contribution in [2.75, 3.05) is 31.6 Å². The molecule has 3 rings (SSSR count). The zero-order valence-corrected chi connectivity index (χ0v) is 19.2. The van der Waals surface area contributed by atoms with Crippen LogP contribution < -0.4 is 26.0 Å². The Labute approximate surface area is 190 Å². The van der Waals surface area contributed by atoms with E-state index in [0.717, 1.165) is 42.1 Å². The molecule has 1 aromatic carbocycles. The first kappa shape index (κ1) is 23.4. The van der Waals surface area contributed by atoms with E-state index in [1.54, 1.807) is 13.2 Å². The number of benzene rings is 1. The third-order valence-electron chi connectivity index (χ3n) is 5.64. The number of carbonyl (C=O) groups excluding carboxylic acids is 1. The second-order valence-electron chi connectivity index (χ2n) is 8.17. The van der Waals surface area contributed by atoms with Crippen molar-refractivity contribution in [2.45, 2.75) is 39.3 Å². The molecule has 0 spiro atoms. The van der Waals surface area contributed by atoms with Crippen molar-refractivity contribution in [3.05, 3.63) is 53.7 Å². The Hall–Kier alpha value is -3.29. The van der Waals surface area contributed by atoms with Gasteiger partial charge in [-0.05, 0) is 44.4 Å². The summed E-state index contributed by atoms with van der Waals surface area (Å²) < 4.78 is 6.03. The summed E-state index contributed by atoms with van der Waals surface area (Å²) in [5, 5.41) is 6.67. The van der Waals surface area contributed by atoms with E-state index in [1.165, 1.54) is 0 Å². The van der Waals surface area contributed by atoms with E-state index in [9.17, 15) is 4.79 Å². The lowest BCUT2D eigenvalue weighted by Crippen LogP contribution is -2.43. The molecule has 1 aromatic heterocycles. The standard InChI is InChI=1S/C24H34N6O2/c1-17-8-4-5-11-21(17)32-18(2)14-28-24(26-3)29-15-19-9-6-12-27-23(19)30-13-7-10-20(16-30)22(25)31/h4-6,8-9,11-12,18,20H,7,10,13-16H2,1-3H3,(H2,25,31)(H2,26,28,29). The Morgan fingerprint density at radius 3 is 2.88 bits per heavy atom. The zero-order valence-electron chi connectivity index (χ0n) is 19.2. The molecule has 0 saturated carbocycles. The predicted octanol–water partition coefficient (Wildman–Crippen LogP) is 2.22. The number of hydrogen-bond donors (Lipinski definition) is 3. The summed E-state index contributed by atoms with van der Waals surface area (Å²) in [4.78, 5) is 22.7. The number of pyridine rings is 1. The molecular formula is C24H34N6O2. The first-order valence-corrected chi connectivity index (χ1v) is 11.1. The van der Waals surface area contributed by atoms with Crippen LogP contribution in [0, 0.1) is 12.8 Å². The van der Waals surface area contributed by atoms with Crippen LogP contribution in [0.4, 0.5) is 5.82 Å². The first-order chi connectivity index (χ1) is 15.5. The molecule has 2 aromatic rings. The van der Waals surface area contributed by atoms with Crippen LogP contribution >= 0.6 is 0 Å². The third kappa shape index (κ3) is 6.35. The second kappa shape index (κ2) is 11.4. The van der Waals surface area contributed by atoms with Crippen LogP contribution in [0.2, 0.25) is 0 Å². The summed E-state index contributed by atoms with van der Waals surface area (Å²) in [7, 11) is 1.74. The van der Waals surface area contributed by atoms with Gasteiger partial charge in [-0.2, -0.15) is 0 Å². The summed E-state index contributed by atoms with van der Waals surface area (Å²) in [5.41, 5.74) is 7.70. The molecule has 2 unspecified atom stereocenters. The summed E-state index contributed by atoms with van der Waals surface area (Å²) >= 11 is 0. The number of aliphatic imine (C=N–C) groups is 1. The van der Waals surface area contributed by atoms with Crippen LogP contribution in [-0.2, 0) is 11.3 Å². The molecule has 4 N–H and O–H groups in total. The smallest absolute Gasteiger partial charge is 0.222 e. The van der Waals surface area contributed by atoms with Crippen molar-refractivity contribution in [1.29, 1.82) is 0 Å².